The summed E-state index contributed by atoms with van der Waals surface area (Å²) in [7, 11) is 0. The third kappa shape index (κ3) is 2.33. The highest BCUT2D eigenvalue weighted by Gasteiger charge is 2.28. The third-order valence-electron chi connectivity index (χ3n) is 4.44. The van der Waals surface area contributed by atoms with Crippen molar-refractivity contribution >= 4 is 11.3 Å². The molecule has 3 heteroatoms. The highest BCUT2D eigenvalue weighted by atomic mass is 32.1. The molecule has 0 aliphatic heterocycles. The Hall–Kier alpha value is -1.06. The molecule has 0 saturated carbocycles. The van der Waals surface area contributed by atoms with Crippen LogP contribution in [0.5, 0.6) is 0 Å². The first-order valence-corrected chi connectivity index (χ1v) is 8.28. The molecule has 0 fully saturated rings. The molecule has 1 aliphatic carbocycles. The number of thiophene rings is 1. The number of rotatable bonds is 3. The highest BCUT2D eigenvalue weighted by Crippen LogP contribution is 2.35. The molecule has 1 unspecified atom stereocenters. The quantitative estimate of drug-likeness (QED) is 0.900. The third-order valence-corrected chi connectivity index (χ3v) is 5.68. The summed E-state index contributed by atoms with van der Waals surface area (Å²) in [5.74, 6) is 0. The molecule has 1 atom stereocenters. The molecule has 2 aromatic rings. The van der Waals surface area contributed by atoms with Crippen LogP contribution in [0, 0.1) is 6.92 Å². The molecular formula is C17H23NOS. The summed E-state index contributed by atoms with van der Waals surface area (Å²) in [4.78, 5) is 1.43. The first-order valence-electron chi connectivity index (χ1n) is 7.40. The van der Waals surface area contributed by atoms with Gasteiger partial charge in [-0.3, -0.25) is 0 Å². The lowest BCUT2D eigenvalue weighted by atomic mass is 9.90. The first-order chi connectivity index (χ1) is 9.49. The smallest absolute Gasteiger partial charge is 0.0807 e. The lowest BCUT2D eigenvalue weighted by Gasteiger charge is -2.28. The van der Waals surface area contributed by atoms with Crippen molar-refractivity contribution in [1.29, 1.82) is 0 Å². The van der Waals surface area contributed by atoms with Crippen LogP contribution in [0.1, 0.15) is 54.6 Å². The molecule has 2 aromatic heterocycles. The van der Waals surface area contributed by atoms with Crippen LogP contribution >= 0.6 is 11.3 Å². The van der Waals surface area contributed by atoms with Crippen molar-refractivity contribution in [1.82, 2.24) is 4.57 Å². The Morgan fingerprint density at radius 1 is 1.45 bits per heavy atom. The van der Waals surface area contributed by atoms with Crippen LogP contribution in [0.15, 0.2) is 23.6 Å². The van der Waals surface area contributed by atoms with Gasteiger partial charge in [0.25, 0.3) is 0 Å². The molecule has 0 amide bonds. The van der Waals surface area contributed by atoms with E-state index in [0.717, 1.165) is 31.4 Å². The van der Waals surface area contributed by atoms with Gasteiger partial charge in [0.05, 0.1) is 6.10 Å². The number of hydrogen-bond acceptors (Lipinski definition) is 2. The van der Waals surface area contributed by atoms with Crippen molar-refractivity contribution < 1.29 is 5.11 Å². The number of aliphatic hydroxyl groups excluding tert-OH is 1. The summed E-state index contributed by atoms with van der Waals surface area (Å²) >= 11 is 1.83. The zero-order valence-corrected chi connectivity index (χ0v) is 13.3. The number of aromatic nitrogens is 1. The van der Waals surface area contributed by atoms with E-state index in [1.54, 1.807) is 0 Å². The molecule has 0 bridgehead atoms. The lowest BCUT2D eigenvalue weighted by molar-refractivity contribution is 0.155. The van der Waals surface area contributed by atoms with E-state index in [4.69, 9.17) is 0 Å². The maximum atomic E-state index is 10.2. The van der Waals surface area contributed by atoms with Crippen molar-refractivity contribution in [2.24, 2.45) is 0 Å². The zero-order valence-electron chi connectivity index (χ0n) is 12.5. The summed E-state index contributed by atoms with van der Waals surface area (Å²) in [5.41, 5.74) is 3.93. The molecule has 0 aromatic carbocycles. The van der Waals surface area contributed by atoms with Gasteiger partial charge in [0, 0.05) is 33.8 Å². The van der Waals surface area contributed by atoms with Gasteiger partial charge < -0.3 is 9.67 Å². The van der Waals surface area contributed by atoms with Crippen LogP contribution in [-0.2, 0) is 18.4 Å². The van der Waals surface area contributed by atoms with Crippen molar-refractivity contribution in [2.45, 2.75) is 58.1 Å². The summed E-state index contributed by atoms with van der Waals surface area (Å²) in [5, 5.41) is 12.3. The Kier molecular flexibility index (Phi) is 3.51. The van der Waals surface area contributed by atoms with Crippen molar-refractivity contribution in [2.75, 3.05) is 0 Å². The van der Waals surface area contributed by atoms with Crippen LogP contribution in [0.25, 0.3) is 0 Å². The Bertz CT molecular complexity index is 595. The van der Waals surface area contributed by atoms with Gasteiger partial charge in [-0.15, -0.1) is 11.3 Å². The van der Waals surface area contributed by atoms with Gasteiger partial charge in [-0.1, -0.05) is 19.9 Å². The predicted octanol–water partition coefficient (Wildman–Crippen LogP) is 4.21. The molecular weight excluding hydrogens is 266 g/mol. The average Bonchev–Trinajstić information content (AvgIpc) is 3.01. The van der Waals surface area contributed by atoms with Gasteiger partial charge in [-0.05, 0) is 43.7 Å². The Morgan fingerprint density at radius 3 is 2.95 bits per heavy atom. The number of nitrogens with zero attached hydrogens (tertiary/aromatic N) is 1. The standard InChI is InChI=1S/C17H23NOS/c1-12-10-13-14(6-4-7-15(13)19)18(12)11-17(2,3)16-8-5-9-20-16/h5,8-10,15,19H,4,6-7,11H2,1-3H3. The number of hydrogen-bond donors (Lipinski definition) is 1. The average molecular weight is 289 g/mol. The van der Waals surface area contributed by atoms with E-state index in [0.29, 0.717) is 0 Å². The fourth-order valence-corrected chi connectivity index (χ4v) is 4.14. The fourth-order valence-electron chi connectivity index (χ4n) is 3.30. The fraction of sp³-hybridized carbons (Fsp3) is 0.529. The van der Waals surface area contributed by atoms with Crippen LogP contribution in [0.4, 0.5) is 0 Å². The van der Waals surface area contributed by atoms with Gasteiger partial charge in [0.1, 0.15) is 0 Å². The SMILES string of the molecule is Cc1cc2c(n1CC(C)(C)c1cccs1)CCCC2O. The second-order valence-corrected chi connectivity index (χ2v) is 7.49. The minimum Gasteiger partial charge on any atom is -0.388 e. The van der Waals surface area contributed by atoms with Crippen molar-refractivity contribution in [3.05, 3.63) is 45.4 Å². The topological polar surface area (TPSA) is 25.2 Å². The zero-order chi connectivity index (χ0) is 14.3. The van der Waals surface area contributed by atoms with E-state index >= 15 is 0 Å². The minimum atomic E-state index is -0.261. The molecule has 2 heterocycles. The summed E-state index contributed by atoms with van der Waals surface area (Å²) in [6.45, 7) is 7.77. The number of aliphatic hydroxyl groups is 1. The maximum absolute atomic E-state index is 10.2. The van der Waals surface area contributed by atoms with Crippen LogP contribution in [0.3, 0.4) is 0 Å². The van der Waals surface area contributed by atoms with E-state index in [9.17, 15) is 5.11 Å². The molecule has 1 aliphatic rings. The Labute approximate surface area is 125 Å². The normalized spacial score (nSPS) is 19.1. The lowest BCUT2D eigenvalue weighted by Crippen LogP contribution is -2.26. The van der Waals surface area contributed by atoms with E-state index < -0.39 is 0 Å². The van der Waals surface area contributed by atoms with Gasteiger partial charge in [0.2, 0.25) is 0 Å². The first kappa shape index (κ1) is 13.9. The highest BCUT2D eigenvalue weighted by molar-refractivity contribution is 7.10. The van der Waals surface area contributed by atoms with E-state index in [1.807, 2.05) is 11.3 Å². The molecule has 0 saturated heterocycles. The summed E-state index contributed by atoms with van der Waals surface area (Å²) < 4.78 is 2.43. The van der Waals surface area contributed by atoms with E-state index in [-0.39, 0.29) is 11.5 Å². The van der Waals surface area contributed by atoms with Crippen LogP contribution < -0.4 is 0 Å². The van der Waals surface area contributed by atoms with E-state index in [1.165, 1.54) is 16.3 Å². The number of fused-ring (bicyclic) bond motifs is 1. The maximum Gasteiger partial charge on any atom is 0.0807 e. The largest absolute Gasteiger partial charge is 0.388 e. The van der Waals surface area contributed by atoms with Gasteiger partial charge >= 0.3 is 0 Å². The molecule has 3 rings (SSSR count). The molecule has 0 radical (unpaired) electrons. The summed E-state index contributed by atoms with van der Waals surface area (Å²) in [6, 6.07) is 6.54. The Balaban J connectivity index is 1.95. The van der Waals surface area contributed by atoms with Crippen LogP contribution in [-0.4, -0.2) is 9.67 Å². The Morgan fingerprint density at radius 2 is 2.25 bits per heavy atom. The number of aryl methyl sites for hydroxylation is 1. The van der Waals surface area contributed by atoms with Gasteiger partial charge in [-0.2, -0.15) is 0 Å². The van der Waals surface area contributed by atoms with Gasteiger partial charge in [-0.25, -0.2) is 0 Å². The second kappa shape index (κ2) is 5.05. The van der Waals surface area contributed by atoms with Gasteiger partial charge in [0.15, 0.2) is 0 Å². The predicted molar refractivity (Wildman–Crippen MR) is 84.4 cm³/mol. The van der Waals surface area contributed by atoms with Crippen molar-refractivity contribution in [3.8, 4) is 0 Å². The molecule has 0 spiro atoms. The molecule has 1 N–H and O–H groups in total. The molecule has 20 heavy (non-hydrogen) atoms. The summed E-state index contributed by atoms with van der Waals surface area (Å²) in [6.07, 6.45) is 2.84. The van der Waals surface area contributed by atoms with E-state index in [2.05, 4.69) is 48.9 Å². The minimum absolute atomic E-state index is 0.133. The second-order valence-electron chi connectivity index (χ2n) is 6.54. The molecule has 108 valence electrons. The van der Waals surface area contributed by atoms with Crippen LogP contribution in [0.2, 0.25) is 0 Å². The van der Waals surface area contributed by atoms with Crippen molar-refractivity contribution in [3.63, 3.8) is 0 Å². The molecule has 2 nitrogen and oxygen atoms in total. The monoisotopic (exact) mass is 289 g/mol.